The molecule has 2 fully saturated rings. The lowest BCUT2D eigenvalue weighted by Crippen LogP contribution is -2.58. The number of imidazole rings is 1. The van der Waals surface area contributed by atoms with Crippen molar-refractivity contribution in [3.8, 4) is 0 Å². The Hall–Kier alpha value is -1.26. The lowest BCUT2D eigenvalue weighted by Gasteiger charge is -2.47. The van der Waals surface area contributed by atoms with Crippen LogP contribution in [0.5, 0.6) is 0 Å². The van der Waals surface area contributed by atoms with Crippen LogP contribution in [0.15, 0.2) is 18.5 Å². The molecular formula is C17H19Cl2N3O. The molecule has 23 heavy (non-hydrogen) atoms. The van der Waals surface area contributed by atoms with Crippen molar-refractivity contribution in [2.75, 3.05) is 6.54 Å². The number of amides is 1. The van der Waals surface area contributed by atoms with Crippen molar-refractivity contribution in [1.29, 1.82) is 0 Å². The van der Waals surface area contributed by atoms with E-state index in [0.717, 1.165) is 24.6 Å². The van der Waals surface area contributed by atoms with Crippen LogP contribution in [-0.2, 0) is 11.2 Å². The van der Waals surface area contributed by atoms with Crippen molar-refractivity contribution in [3.63, 3.8) is 0 Å². The number of carbonyl (C=O) groups excluding carboxylic acids is 1. The van der Waals surface area contributed by atoms with Gasteiger partial charge in [0.05, 0.1) is 22.2 Å². The summed E-state index contributed by atoms with van der Waals surface area (Å²) in [6.07, 6.45) is 10.2. The molecule has 1 amide bonds. The van der Waals surface area contributed by atoms with Crippen LogP contribution in [-0.4, -0.2) is 32.8 Å². The fourth-order valence-electron chi connectivity index (χ4n) is 3.94. The number of likely N-dealkylation sites (tertiary alicyclic amines) is 1. The van der Waals surface area contributed by atoms with Crippen molar-refractivity contribution in [1.82, 2.24) is 14.3 Å². The van der Waals surface area contributed by atoms with Crippen LogP contribution in [0, 0.1) is 5.92 Å². The zero-order chi connectivity index (χ0) is 16.0. The average Bonchev–Trinajstić information content (AvgIpc) is 2.77. The topological polar surface area (TPSA) is 37.6 Å². The molecule has 4 rings (SSSR count). The highest BCUT2D eigenvalue weighted by atomic mass is 35.5. The molecule has 1 saturated heterocycles. The molecule has 0 N–H and O–H groups in total. The first-order valence-electron chi connectivity index (χ1n) is 8.24. The summed E-state index contributed by atoms with van der Waals surface area (Å²) in [6, 6.07) is 2.13. The van der Waals surface area contributed by atoms with Gasteiger partial charge >= 0.3 is 0 Å². The molecule has 0 bridgehead atoms. The number of hydrogen-bond donors (Lipinski definition) is 0. The van der Waals surface area contributed by atoms with Gasteiger partial charge in [-0.05, 0) is 24.8 Å². The Balaban J connectivity index is 1.50. The normalized spacial score (nSPS) is 24.2. The third kappa shape index (κ3) is 2.83. The Bertz CT molecular complexity index is 758. The molecule has 1 aliphatic carbocycles. The molecule has 4 nitrogen and oxygen atoms in total. The summed E-state index contributed by atoms with van der Waals surface area (Å²) in [4.78, 5) is 19.1. The maximum atomic E-state index is 12.6. The van der Waals surface area contributed by atoms with Crippen molar-refractivity contribution in [2.24, 2.45) is 5.92 Å². The van der Waals surface area contributed by atoms with Crippen LogP contribution in [0.1, 0.15) is 37.8 Å². The monoisotopic (exact) mass is 351 g/mol. The fraction of sp³-hybridized carbons (Fsp3) is 0.529. The predicted molar refractivity (Wildman–Crippen MR) is 91.0 cm³/mol. The van der Waals surface area contributed by atoms with E-state index in [4.69, 9.17) is 23.2 Å². The van der Waals surface area contributed by atoms with Gasteiger partial charge in [0, 0.05) is 25.0 Å². The highest BCUT2D eigenvalue weighted by Crippen LogP contribution is 2.36. The SMILES string of the molecule is O=C(Cc1cn2cc(Cl)cc(Cl)c2n1)N1C[C@H]2CCCCC[C@H]21. The van der Waals surface area contributed by atoms with E-state index in [2.05, 4.69) is 9.88 Å². The van der Waals surface area contributed by atoms with Crippen molar-refractivity contribution in [2.45, 2.75) is 44.6 Å². The Kier molecular flexibility index (Phi) is 3.98. The zero-order valence-corrected chi connectivity index (χ0v) is 14.4. The highest BCUT2D eigenvalue weighted by molar-refractivity contribution is 6.36. The first-order valence-corrected chi connectivity index (χ1v) is 8.99. The van der Waals surface area contributed by atoms with Gasteiger partial charge in [0.1, 0.15) is 0 Å². The van der Waals surface area contributed by atoms with Gasteiger partial charge < -0.3 is 9.30 Å². The maximum absolute atomic E-state index is 12.6. The van der Waals surface area contributed by atoms with Crippen molar-refractivity contribution >= 4 is 34.8 Å². The van der Waals surface area contributed by atoms with E-state index in [0.29, 0.717) is 28.2 Å². The fourth-order valence-corrected chi connectivity index (χ4v) is 4.47. The predicted octanol–water partition coefficient (Wildman–Crippen LogP) is 3.97. The number of nitrogens with zero attached hydrogens (tertiary/aromatic N) is 3. The molecule has 2 atom stereocenters. The van der Waals surface area contributed by atoms with E-state index >= 15 is 0 Å². The van der Waals surface area contributed by atoms with Gasteiger partial charge in [-0.3, -0.25) is 4.79 Å². The largest absolute Gasteiger partial charge is 0.339 e. The Labute approximate surface area is 145 Å². The second kappa shape index (κ2) is 5.99. The van der Waals surface area contributed by atoms with Crippen molar-refractivity contribution in [3.05, 3.63) is 34.2 Å². The summed E-state index contributed by atoms with van der Waals surface area (Å²) >= 11 is 12.2. The summed E-state index contributed by atoms with van der Waals surface area (Å²) in [7, 11) is 0. The summed E-state index contributed by atoms with van der Waals surface area (Å²) < 4.78 is 1.79. The lowest BCUT2D eigenvalue weighted by molar-refractivity contribution is -0.143. The number of carbonyl (C=O) groups is 1. The van der Waals surface area contributed by atoms with Crippen LogP contribution >= 0.6 is 23.2 Å². The first kappa shape index (κ1) is 15.3. The molecule has 3 heterocycles. The molecule has 1 aliphatic heterocycles. The van der Waals surface area contributed by atoms with Gasteiger partial charge in [-0.2, -0.15) is 0 Å². The Morgan fingerprint density at radius 2 is 2.04 bits per heavy atom. The number of rotatable bonds is 2. The quantitative estimate of drug-likeness (QED) is 0.820. The molecule has 2 aromatic rings. The maximum Gasteiger partial charge on any atom is 0.228 e. The molecule has 0 unspecified atom stereocenters. The van der Waals surface area contributed by atoms with Crippen LogP contribution < -0.4 is 0 Å². The van der Waals surface area contributed by atoms with Gasteiger partial charge in [-0.25, -0.2) is 4.98 Å². The molecule has 0 spiro atoms. The lowest BCUT2D eigenvalue weighted by atomic mass is 9.84. The Morgan fingerprint density at radius 1 is 1.22 bits per heavy atom. The Morgan fingerprint density at radius 3 is 2.91 bits per heavy atom. The van der Waals surface area contributed by atoms with Gasteiger partial charge in [-0.15, -0.1) is 0 Å². The second-order valence-corrected chi connectivity index (χ2v) is 7.50. The van der Waals surface area contributed by atoms with Gasteiger partial charge in [0.25, 0.3) is 0 Å². The minimum absolute atomic E-state index is 0.179. The average molecular weight is 352 g/mol. The number of halogens is 2. The van der Waals surface area contributed by atoms with Crippen LogP contribution in [0.25, 0.3) is 5.65 Å². The smallest absolute Gasteiger partial charge is 0.228 e. The molecule has 0 radical (unpaired) electrons. The van der Waals surface area contributed by atoms with E-state index in [1.165, 1.54) is 25.7 Å². The molecule has 2 aliphatic rings. The number of aromatic nitrogens is 2. The van der Waals surface area contributed by atoms with Crippen LogP contribution in [0.3, 0.4) is 0 Å². The first-order chi connectivity index (χ1) is 11.1. The molecule has 6 heteroatoms. The minimum Gasteiger partial charge on any atom is -0.339 e. The number of fused-ring (bicyclic) bond motifs is 2. The standard InChI is InChI=1S/C17H19Cl2N3O/c18-12-6-14(19)17-20-13(10-21(17)9-12)7-16(23)22-8-11-4-2-1-3-5-15(11)22/h6,9-11,15H,1-5,7-8H2/t11-,15-/m1/s1. The second-order valence-electron chi connectivity index (χ2n) is 6.66. The van der Waals surface area contributed by atoms with Gasteiger partial charge in [-0.1, -0.05) is 42.5 Å². The van der Waals surface area contributed by atoms with E-state index in [1.807, 2.05) is 6.20 Å². The van der Waals surface area contributed by atoms with Crippen LogP contribution in [0.2, 0.25) is 10.0 Å². The van der Waals surface area contributed by atoms with E-state index < -0.39 is 0 Å². The van der Waals surface area contributed by atoms with E-state index in [-0.39, 0.29) is 5.91 Å². The van der Waals surface area contributed by atoms with Crippen LogP contribution in [0.4, 0.5) is 0 Å². The van der Waals surface area contributed by atoms with E-state index in [9.17, 15) is 4.79 Å². The summed E-state index contributed by atoms with van der Waals surface area (Å²) in [5.74, 6) is 0.898. The number of pyridine rings is 1. The highest BCUT2D eigenvalue weighted by Gasteiger charge is 2.41. The third-order valence-electron chi connectivity index (χ3n) is 5.13. The molecule has 1 saturated carbocycles. The summed E-state index contributed by atoms with van der Waals surface area (Å²) in [6.45, 7) is 0.920. The van der Waals surface area contributed by atoms with Gasteiger partial charge in [0.2, 0.25) is 5.91 Å². The molecule has 0 aromatic carbocycles. The van der Waals surface area contributed by atoms with E-state index in [1.54, 1.807) is 16.7 Å². The summed E-state index contributed by atoms with van der Waals surface area (Å²) in [5, 5.41) is 1.06. The summed E-state index contributed by atoms with van der Waals surface area (Å²) in [5.41, 5.74) is 1.39. The molecule has 2 aromatic heterocycles. The third-order valence-corrected chi connectivity index (χ3v) is 5.61. The number of hydrogen-bond acceptors (Lipinski definition) is 2. The van der Waals surface area contributed by atoms with Crippen molar-refractivity contribution < 1.29 is 4.79 Å². The minimum atomic E-state index is 0.179. The molecule has 122 valence electrons. The zero-order valence-electron chi connectivity index (χ0n) is 12.8. The van der Waals surface area contributed by atoms with Gasteiger partial charge in [0.15, 0.2) is 5.65 Å². The molecular weight excluding hydrogens is 333 g/mol.